The van der Waals surface area contributed by atoms with Crippen LogP contribution in [0.15, 0.2) is 47.4 Å². The lowest BCUT2D eigenvalue weighted by atomic mass is 9.85. The predicted octanol–water partition coefficient (Wildman–Crippen LogP) is 6.17. The van der Waals surface area contributed by atoms with Gasteiger partial charge in [-0.15, -0.1) is 0 Å². The maximum Gasteiger partial charge on any atom is 0.264 e. The summed E-state index contributed by atoms with van der Waals surface area (Å²) in [6.07, 6.45) is 1.40. The van der Waals surface area contributed by atoms with Crippen LogP contribution in [-0.2, 0) is 16.4 Å². The molecule has 1 fully saturated rings. The molecule has 0 saturated heterocycles. The van der Waals surface area contributed by atoms with Crippen LogP contribution in [0.5, 0.6) is 0 Å². The first-order valence-electron chi connectivity index (χ1n) is 13.1. The molecule has 36 heavy (non-hydrogen) atoms. The summed E-state index contributed by atoms with van der Waals surface area (Å²) in [6.45, 7) is 7.63. The monoisotopic (exact) mass is 520 g/mol. The standard InChI is InChI=1S/C28H38F2N2O3S/c1-4-21-5-7-23(8-6-21)32(18-20(2)3)36(34,35)24-9-10-26-25(17-24)27(33)13-16-31(26)19-22-11-14-28(29,30)15-12-22/h5-10,17,20,22,27,33H,4,11-16,18-19H2,1-3H3. The molecule has 8 heteroatoms. The lowest BCUT2D eigenvalue weighted by Crippen LogP contribution is -2.38. The third-order valence-electron chi connectivity index (χ3n) is 7.44. The number of halogens is 2. The van der Waals surface area contributed by atoms with E-state index in [1.54, 1.807) is 18.2 Å². The molecular weight excluding hydrogens is 482 g/mol. The van der Waals surface area contributed by atoms with Crippen molar-refractivity contribution in [2.45, 2.75) is 76.2 Å². The summed E-state index contributed by atoms with van der Waals surface area (Å²) in [7, 11) is -3.86. The summed E-state index contributed by atoms with van der Waals surface area (Å²) in [4.78, 5) is 2.28. The minimum absolute atomic E-state index is 0.0803. The van der Waals surface area contributed by atoms with Crippen LogP contribution in [0, 0.1) is 11.8 Å². The zero-order valence-corrected chi connectivity index (χ0v) is 22.3. The summed E-state index contributed by atoms with van der Waals surface area (Å²) in [5.41, 5.74) is 3.15. The van der Waals surface area contributed by atoms with Gasteiger partial charge in [-0.05, 0) is 73.4 Å². The molecule has 5 nitrogen and oxygen atoms in total. The van der Waals surface area contributed by atoms with E-state index in [0.29, 0.717) is 50.1 Å². The van der Waals surface area contributed by atoms with Crippen LogP contribution in [-0.4, -0.2) is 39.1 Å². The third-order valence-corrected chi connectivity index (χ3v) is 9.23. The number of nitrogens with zero attached hydrogens (tertiary/aromatic N) is 2. The van der Waals surface area contributed by atoms with Crippen molar-refractivity contribution in [1.29, 1.82) is 0 Å². The second-order valence-electron chi connectivity index (χ2n) is 10.7. The van der Waals surface area contributed by atoms with Crippen molar-refractivity contribution < 1.29 is 22.3 Å². The summed E-state index contributed by atoms with van der Waals surface area (Å²) < 4.78 is 56.3. The van der Waals surface area contributed by atoms with Crippen molar-refractivity contribution in [3.63, 3.8) is 0 Å². The molecule has 1 saturated carbocycles. The first kappa shape index (κ1) is 26.9. The van der Waals surface area contributed by atoms with Crippen LogP contribution >= 0.6 is 0 Å². The lowest BCUT2D eigenvalue weighted by Gasteiger charge is -2.38. The molecule has 198 valence electrons. The summed E-state index contributed by atoms with van der Waals surface area (Å²) >= 11 is 0. The van der Waals surface area contributed by atoms with Gasteiger partial charge < -0.3 is 10.0 Å². The highest BCUT2D eigenvalue weighted by Crippen LogP contribution is 2.40. The molecular formula is C28H38F2N2O3S. The highest BCUT2D eigenvalue weighted by atomic mass is 32.2. The topological polar surface area (TPSA) is 60.9 Å². The van der Waals surface area contributed by atoms with Crippen molar-refractivity contribution in [2.24, 2.45) is 11.8 Å². The zero-order chi connectivity index (χ0) is 26.1. The average Bonchev–Trinajstić information content (AvgIpc) is 2.85. The largest absolute Gasteiger partial charge is 0.388 e. The van der Waals surface area contributed by atoms with Gasteiger partial charge in [0.25, 0.3) is 10.0 Å². The SMILES string of the molecule is CCc1ccc(N(CC(C)C)S(=O)(=O)c2ccc3c(c2)C(O)CCN3CC2CCC(F)(F)CC2)cc1. The van der Waals surface area contributed by atoms with Gasteiger partial charge in [0.05, 0.1) is 16.7 Å². The molecule has 1 N–H and O–H groups in total. The van der Waals surface area contributed by atoms with Gasteiger partial charge in [0.15, 0.2) is 0 Å². The Morgan fingerprint density at radius 3 is 2.36 bits per heavy atom. The van der Waals surface area contributed by atoms with E-state index in [2.05, 4.69) is 11.8 Å². The first-order valence-corrected chi connectivity index (χ1v) is 14.5. The lowest BCUT2D eigenvalue weighted by molar-refractivity contribution is -0.0449. The molecule has 1 aliphatic heterocycles. The fourth-order valence-electron chi connectivity index (χ4n) is 5.28. The van der Waals surface area contributed by atoms with Crippen molar-refractivity contribution >= 4 is 21.4 Å². The van der Waals surface area contributed by atoms with E-state index >= 15 is 0 Å². The fourth-order valence-corrected chi connectivity index (χ4v) is 6.95. The predicted molar refractivity (Wildman–Crippen MR) is 140 cm³/mol. The Morgan fingerprint density at radius 2 is 1.75 bits per heavy atom. The Hall–Kier alpha value is -2.19. The van der Waals surface area contributed by atoms with Gasteiger partial charge in [-0.1, -0.05) is 32.9 Å². The maximum absolute atomic E-state index is 13.8. The van der Waals surface area contributed by atoms with E-state index in [1.165, 1.54) is 4.31 Å². The van der Waals surface area contributed by atoms with E-state index in [4.69, 9.17) is 0 Å². The number of aliphatic hydroxyl groups is 1. The first-order chi connectivity index (χ1) is 17.0. The van der Waals surface area contributed by atoms with Gasteiger partial charge in [-0.2, -0.15) is 0 Å². The van der Waals surface area contributed by atoms with Crippen molar-refractivity contribution in [3.05, 3.63) is 53.6 Å². The van der Waals surface area contributed by atoms with Crippen LogP contribution in [0.4, 0.5) is 20.2 Å². The van der Waals surface area contributed by atoms with Gasteiger partial charge in [0.2, 0.25) is 5.92 Å². The molecule has 1 aliphatic carbocycles. The summed E-state index contributed by atoms with van der Waals surface area (Å²) in [5, 5.41) is 10.8. The molecule has 0 aromatic heterocycles. The Balaban J connectivity index is 1.62. The number of anilines is 2. The number of hydrogen-bond donors (Lipinski definition) is 1. The Labute approximate surface area is 214 Å². The number of fused-ring (bicyclic) bond motifs is 1. The van der Waals surface area contributed by atoms with Crippen LogP contribution < -0.4 is 9.21 Å². The Kier molecular flexibility index (Phi) is 7.95. The molecule has 1 heterocycles. The van der Waals surface area contributed by atoms with E-state index < -0.39 is 22.0 Å². The highest BCUT2D eigenvalue weighted by Gasteiger charge is 2.36. The van der Waals surface area contributed by atoms with Gasteiger partial charge in [0.1, 0.15) is 0 Å². The second-order valence-corrected chi connectivity index (χ2v) is 12.6. The number of alkyl halides is 2. The number of sulfonamides is 1. The van der Waals surface area contributed by atoms with Crippen LogP contribution in [0.3, 0.4) is 0 Å². The molecule has 1 atom stereocenters. The fraction of sp³-hybridized carbons (Fsp3) is 0.571. The molecule has 1 unspecified atom stereocenters. The maximum atomic E-state index is 13.8. The normalized spacial score (nSPS) is 20.4. The molecule has 4 rings (SSSR count). The molecule has 0 spiro atoms. The van der Waals surface area contributed by atoms with Gasteiger partial charge in [0, 0.05) is 43.7 Å². The molecule has 0 radical (unpaired) electrons. The quantitative estimate of drug-likeness (QED) is 0.452. The Bertz CT molecular complexity index is 1140. The molecule has 2 aliphatic rings. The molecule has 2 aromatic rings. The van der Waals surface area contributed by atoms with Crippen LogP contribution in [0.25, 0.3) is 0 Å². The average molecular weight is 521 g/mol. The smallest absolute Gasteiger partial charge is 0.264 e. The third kappa shape index (κ3) is 5.86. The summed E-state index contributed by atoms with van der Waals surface area (Å²) in [6, 6.07) is 12.6. The second kappa shape index (κ2) is 10.7. The van der Waals surface area contributed by atoms with Crippen molar-refractivity contribution in [3.8, 4) is 0 Å². The van der Waals surface area contributed by atoms with Gasteiger partial charge >= 0.3 is 0 Å². The number of benzene rings is 2. The van der Waals surface area contributed by atoms with E-state index in [-0.39, 0.29) is 29.6 Å². The van der Waals surface area contributed by atoms with Crippen LogP contribution in [0.2, 0.25) is 0 Å². The van der Waals surface area contributed by atoms with Crippen molar-refractivity contribution in [1.82, 2.24) is 0 Å². The van der Waals surface area contributed by atoms with Gasteiger partial charge in [-0.25, -0.2) is 17.2 Å². The van der Waals surface area contributed by atoms with E-state index in [1.807, 2.05) is 38.1 Å². The summed E-state index contributed by atoms with van der Waals surface area (Å²) in [5.74, 6) is -2.27. The minimum Gasteiger partial charge on any atom is -0.388 e. The van der Waals surface area contributed by atoms with E-state index in [0.717, 1.165) is 17.7 Å². The zero-order valence-electron chi connectivity index (χ0n) is 21.5. The van der Waals surface area contributed by atoms with Crippen molar-refractivity contribution in [2.75, 3.05) is 28.8 Å². The minimum atomic E-state index is -3.86. The number of aliphatic hydroxyl groups excluding tert-OH is 1. The molecule has 0 amide bonds. The van der Waals surface area contributed by atoms with Crippen LogP contribution in [0.1, 0.15) is 70.1 Å². The van der Waals surface area contributed by atoms with Gasteiger partial charge in [-0.3, -0.25) is 4.31 Å². The molecule has 2 aromatic carbocycles. The number of rotatable bonds is 8. The highest BCUT2D eigenvalue weighted by molar-refractivity contribution is 7.92. The number of aryl methyl sites for hydroxylation is 1. The number of hydrogen-bond acceptors (Lipinski definition) is 4. The Morgan fingerprint density at radius 1 is 1.08 bits per heavy atom. The van der Waals surface area contributed by atoms with E-state index in [9.17, 15) is 22.3 Å². The molecule has 0 bridgehead atoms.